The molecular formula is C7H12F4. The lowest BCUT2D eigenvalue weighted by Crippen LogP contribution is -2.26. The maximum absolute atomic E-state index is 12.4. The van der Waals surface area contributed by atoms with Crippen molar-refractivity contribution in [2.24, 2.45) is 0 Å². The van der Waals surface area contributed by atoms with Gasteiger partial charge >= 0.3 is 0 Å². The lowest BCUT2D eigenvalue weighted by molar-refractivity contribution is -0.104. The van der Waals surface area contributed by atoms with Gasteiger partial charge in [-0.15, -0.1) is 0 Å². The van der Waals surface area contributed by atoms with Crippen LogP contribution in [0.15, 0.2) is 0 Å². The normalized spacial score (nSPS) is 13.6. The Morgan fingerprint density at radius 3 is 1.82 bits per heavy atom. The molecular weight excluding hydrogens is 160 g/mol. The topological polar surface area (TPSA) is 0 Å². The Labute approximate surface area is 63.6 Å². The summed E-state index contributed by atoms with van der Waals surface area (Å²) in [6, 6.07) is 0. The van der Waals surface area contributed by atoms with Gasteiger partial charge in [-0.05, 0) is 6.92 Å². The summed E-state index contributed by atoms with van der Waals surface area (Å²) < 4.78 is 49.0. The molecule has 0 aromatic rings. The van der Waals surface area contributed by atoms with Crippen molar-refractivity contribution in [3.05, 3.63) is 0 Å². The van der Waals surface area contributed by atoms with E-state index < -0.39 is 24.7 Å². The molecule has 68 valence electrons. The van der Waals surface area contributed by atoms with Crippen LogP contribution < -0.4 is 0 Å². The smallest absolute Gasteiger partial charge is 0.207 e. The van der Waals surface area contributed by atoms with Gasteiger partial charge in [-0.3, -0.25) is 0 Å². The third-order valence-electron chi connectivity index (χ3n) is 1.18. The molecule has 0 saturated carbocycles. The van der Waals surface area contributed by atoms with Crippen LogP contribution in [0.2, 0.25) is 0 Å². The molecule has 11 heavy (non-hydrogen) atoms. The fraction of sp³-hybridized carbons (Fsp3) is 1.00. The minimum Gasteiger partial charge on any atom is -0.207 e. The van der Waals surface area contributed by atoms with Gasteiger partial charge in [0.1, 0.15) is 0 Å². The summed E-state index contributed by atoms with van der Waals surface area (Å²) in [5.41, 5.74) is 0. The molecule has 0 unspecified atom stereocenters. The van der Waals surface area contributed by atoms with Crippen molar-refractivity contribution in [2.45, 2.75) is 45.0 Å². The SMILES string of the molecule is CCCC(F)(F)CC(C)(F)F. The first-order valence-corrected chi connectivity index (χ1v) is 3.52. The third kappa shape index (κ3) is 6.13. The van der Waals surface area contributed by atoms with E-state index in [2.05, 4.69) is 0 Å². The molecule has 0 nitrogen and oxygen atoms in total. The van der Waals surface area contributed by atoms with Gasteiger partial charge < -0.3 is 0 Å². The average Bonchev–Trinajstić information content (AvgIpc) is 1.55. The highest BCUT2D eigenvalue weighted by atomic mass is 19.3. The Hall–Kier alpha value is -0.280. The standard InChI is InChI=1S/C7H12F4/c1-3-4-7(10,11)5-6(2,8)9/h3-5H2,1-2H3. The summed E-state index contributed by atoms with van der Waals surface area (Å²) in [5, 5.41) is 0. The highest BCUT2D eigenvalue weighted by Crippen LogP contribution is 2.33. The minimum atomic E-state index is -3.27. The molecule has 0 N–H and O–H groups in total. The van der Waals surface area contributed by atoms with Crippen molar-refractivity contribution in [3.8, 4) is 0 Å². The van der Waals surface area contributed by atoms with Gasteiger partial charge in [0.25, 0.3) is 11.8 Å². The van der Waals surface area contributed by atoms with E-state index in [1.165, 1.54) is 0 Å². The summed E-state index contributed by atoms with van der Waals surface area (Å²) in [4.78, 5) is 0. The molecule has 0 atom stereocenters. The Morgan fingerprint density at radius 2 is 1.55 bits per heavy atom. The lowest BCUT2D eigenvalue weighted by Gasteiger charge is -2.19. The molecule has 0 fully saturated rings. The highest BCUT2D eigenvalue weighted by molar-refractivity contribution is 4.73. The molecule has 4 heteroatoms. The van der Waals surface area contributed by atoms with Gasteiger partial charge in [0, 0.05) is 6.42 Å². The van der Waals surface area contributed by atoms with Crippen LogP contribution >= 0.6 is 0 Å². The Kier molecular flexibility index (Phi) is 3.32. The molecule has 0 rings (SSSR count). The predicted molar refractivity (Wildman–Crippen MR) is 35.1 cm³/mol. The van der Waals surface area contributed by atoms with E-state index in [9.17, 15) is 17.6 Å². The Morgan fingerprint density at radius 1 is 1.09 bits per heavy atom. The third-order valence-corrected chi connectivity index (χ3v) is 1.18. The quantitative estimate of drug-likeness (QED) is 0.569. The van der Waals surface area contributed by atoms with Gasteiger partial charge in [0.15, 0.2) is 0 Å². The molecule has 0 heterocycles. The van der Waals surface area contributed by atoms with Gasteiger partial charge in [-0.1, -0.05) is 13.3 Å². The van der Waals surface area contributed by atoms with E-state index in [0.717, 1.165) is 0 Å². The lowest BCUT2D eigenvalue weighted by atomic mass is 10.1. The van der Waals surface area contributed by atoms with Crippen molar-refractivity contribution in [1.82, 2.24) is 0 Å². The van der Waals surface area contributed by atoms with Crippen LogP contribution in [0.4, 0.5) is 17.6 Å². The van der Waals surface area contributed by atoms with Gasteiger partial charge in [-0.2, -0.15) is 0 Å². The molecule has 0 amide bonds. The number of alkyl halides is 4. The zero-order valence-electron chi connectivity index (χ0n) is 6.63. The first-order chi connectivity index (χ1) is 4.77. The fourth-order valence-corrected chi connectivity index (χ4v) is 0.908. The molecule has 0 aliphatic rings. The molecule has 0 saturated heterocycles. The maximum atomic E-state index is 12.4. The van der Waals surface area contributed by atoms with Crippen molar-refractivity contribution in [3.63, 3.8) is 0 Å². The number of hydrogen-bond donors (Lipinski definition) is 0. The van der Waals surface area contributed by atoms with E-state index >= 15 is 0 Å². The second kappa shape index (κ2) is 3.41. The van der Waals surface area contributed by atoms with Gasteiger partial charge in [0.05, 0.1) is 6.42 Å². The molecule has 0 aliphatic carbocycles. The fourth-order valence-electron chi connectivity index (χ4n) is 0.908. The zero-order valence-corrected chi connectivity index (χ0v) is 6.63. The van der Waals surface area contributed by atoms with E-state index in [1.54, 1.807) is 6.92 Å². The van der Waals surface area contributed by atoms with Crippen molar-refractivity contribution >= 4 is 0 Å². The highest BCUT2D eigenvalue weighted by Gasteiger charge is 2.38. The van der Waals surface area contributed by atoms with Crippen molar-refractivity contribution < 1.29 is 17.6 Å². The zero-order chi connectivity index (χ0) is 9.12. The monoisotopic (exact) mass is 172 g/mol. The second-order valence-corrected chi connectivity index (χ2v) is 2.85. The summed E-state index contributed by atoms with van der Waals surface area (Å²) in [5.74, 6) is -6.48. The van der Waals surface area contributed by atoms with Crippen LogP contribution in [0, 0.1) is 0 Å². The maximum Gasteiger partial charge on any atom is 0.253 e. The molecule has 0 aliphatic heterocycles. The van der Waals surface area contributed by atoms with Crippen LogP contribution in [-0.4, -0.2) is 11.8 Å². The van der Waals surface area contributed by atoms with Crippen LogP contribution in [0.25, 0.3) is 0 Å². The van der Waals surface area contributed by atoms with Crippen LogP contribution in [0.3, 0.4) is 0 Å². The summed E-state index contributed by atoms with van der Waals surface area (Å²) in [6.45, 7) is 2.05. The van der Waals surface area contributed by atoms with E-state index in [0.29, 0.717) is 6.92 Å². The molecule has 0 spiro atoms. The summed E-state index contributed by atoms with van der Waals surface area (Å²) in [7, 11) is 0. The Bertz CT molecular complexity index is 114. The van der Waals surface area contributed by atoms with E-state index in [1.807, 2.05) is 0 Å². The van der Waals surface area contributed by atoms with Crippen LogP contribution in [0.1, 0.15) is 33.1 Å². The first kappa shape index (κ1) is 10.7. The van der Waals surface area contributed by atoms with Crippen molar-refractivity contribution in [1.29, 1.82) is 0 Å². The van der Waals surface area contributed by atoms with Crippen molar-refractivity contribution in [2.75, 3.05) is 0 Å². The van der Waals surface area contributed by atoms with E-state index in [-0.39, 0.29) is 6.42 Å². The molecule has 0 aromatic heterocycles. The van der Waals surface area contributed by atoms with E-state index in [4.69, 9.17) is 0 Å². The Balaban J connectivity index is 3.91. The van der Waals surface area contributed by atoms with Gasteiger partial charge in [0.2, 0.25) is 0 Å². The van der Waals surface area contributed by atoms with Crippen LogP contribution in [-0.2, 0) is 0 Å². The molecule has 0 radical (unpaired) electrons. The van der Waals surface area contributed by atoms with Gasteiger partial charge in [-0.25, -0.2) is 17.6 Å². The summed E-state index contributed by atoms with van der Waals surface area (Å²) in [6.07, 6.45) is -1.58. The summed E-state index contributed by atoms with van der Waals surface area (Å²) >= 11 is 0. The number of halogens is 4. The predicted octanol–water partition coefficient (Wildman–Crippen LogP) is 3.47. The average molecular weight is 172 g/mol. The van der Waals surface area contributed by atoms with Crippen LogP contribution in [0.5, 0.6) is 0 Å². The molecule has 0 bridgehead atoms. The molecule has 0 aromatic carbocycles. The minimum absolute atomic E-state index is 0.225. The first-order valence-electron chi connectivity index (χ1n) is 3.52. The number of hydrogen-bond acceptors (Lipinski definition) is 0. The number of rotatable bonds is 4. The largest absolute Gasteiger partial charge is 0.253 e. The second-order valence-electron chi connectivity index (χ2n) is 2.85.